The van der Waals surface area contributed by atoms with Crippen molar-refractivity contribution < 1.29 is 9.59 Å². The lowest BCUT2D eigenvalue weighted by Crippen LogP contribution is -2.47. The molecule has 0 spiro atoms. The summed E-state index contributed by atoms with van der Waals surface area (Å²) < 4.78 is 0. The van der Waals surface area contributed by atoms with Gasteiger partial charge in [0.15, 0.2) is 0 Å². The van der Waals surface area contributed by atoms with Crippen molar-refractivity contribution in [3.05, 3.63) is 0 Å². The fraction of sp³-hybridized carbons (Fsp3) is 0.846. The van der Waals surface area contributed by atoms with Crippen LogP contribution in [0.5, 0.6) is 0 Å². The van der Waals surface area contributed by atoms with Crippen molar-refractivity contribution in [3.63, 3.8) is 0 Å². The highest BCUT2D eigenvalue weighted by atomic mass is 16.2. The van der Waals surface area contributed by atoms with Gasteiger partial charge in [0.25, 0.3) is 0 Å². The number of carbonyl (C=O) groups is 2. The maximum absolute atomic E-state index is 12.3. The molecule has 18 heavy (non-hydrogen) atoms. The summed E-state index contributed by atoms with van der Waals surface area (Å²) in [4.78, 5) is 25.6. The zero-order valence-electron chi connectivity index (χ0n) is 11.7. The molecule has 1 heterocycles. The molecule has 1 fully saturated rings. The number of likely N-dealkylation sites (N-methyl/N-ethyl adjacent to an activating group) is 1. The summed E-state index contributed by atoms with van der Waals surface area (Å²) in [5, 5.41) is 6.05. The topological polar surface area (TPSA) is 61.4 Å². The monoisotopic (exact) mass is 255 g/mol. The number of hydrogen-bond acceptors (Lipinski definition) is 3. The Bertz CT molecular complexity index is 286. The van der Waals surface area contributed by atoms with Crippen LogP contribution in [0.1, 0.15) is 33.6 Å². The van der Waals surface area contributed by atoms with Crippen LogP contribution in [0, 0.1) is 5.92 Å². The van der Waals surface area contributed by atoms with E-state index in [0.717, 1.165) is 25.9 Å². The Hall–Kier alpha value is -1.10. The Balaban J connectivity index is 2.48. The van der Waals surface area contributed by atoms with Crippen LogP contribution in [0.2, 0.25) is 0 Å². The Kier molecular flexibility index (Phi) is 6.12. The van der Waals surface area contributed by atoms with Gasteiger partial charge in [-0.1, -0.05) is 0 Å². The fourth-order valence-corrected chi connectivity index (χ4v) is 2.21. The van der Waals surface area contributed by atoms with Gasteiger partial charge in [-0.3, -0.25) is 9.59 Å². The molecule has 0 saturated carbocycles. The number of piperidine rings is 1. The molecule has 5 nitrogen and oxygen atoms in total. The van der Waals surface area contributed by atoms with Crippen LogP contribution in [0.25, 0.3) is 0 Å². The van der Waals surface area contributed by atoms with Gasteiger partial charge in [0, 0.05) is 19.1 Å². The van der Waals surface area contributed by atoms with Gasteiger partial charge in [-0.05, 0) is 40.2 Å². The standard InChI is InChI=1S/C13H25N3O2/c1-4-16(9-12(17)15-10(2)3)13(18)11-6-5-7-14-8-11/h10-11,14H,4-9H2,1-3H3,(H,15,17)/t11-/m1/s1. The van der Waals surface area contributed by atoms with Crippen molar-refractivity contribution in [2.45, 2.75) is 39.7 Å². The molecular formula is C13H25N3O2. The van der Waals surface area contributed by atoms with Crippen molar-refractivity contribution in [3.8, 4) is 0 Å². The maximum atomic E-state index is 12.3. The lowest BCUT2D eigenvalue weighted by molar-refractivity contribution is -0.139. The Morgan fingerprint density at radius 2 is 2.17 bits per heavy atom. The van der Waals surface area contributed by atoms with E-state index in [0.29, 0.717) is 6.54 Å². The first-order valence-electron chi connectivity index (χ1n) is 6.83. The smallest absolute Gasteiger partial charge is 0.239 e. The van der Waals surface area contributed by atoms with Crippen molar-refractivity contribution in [2.24, 2.45) is 5.92 Å². The first-order valence-corrected chi connectivity index (χ1v) is 6.83. The summed E-state index contributed by atoms with van der Waals surface area (Å²) in [6.45, 7) is 8.23. The first-order chi connectivity index (χ1) is 8.54. The number of rotatable bonds is 5. The zero-order chi connectivity index (χ0) is 13.5. The molecule has 0 radical (unpaired) electrons. The second kappa shape index (κ2) is 7.36. The average Bonchev–Trinajstić information content (AvgIpc) is 2.35. The minimum atomic E-state index is -0.0797. The van der Waals surface area contributed by atoms with Gasteiger partial charge < -0.3 is 15.5 Å². The summed E-state index contributed by atoms with van der Waals surface area (Å²) in [6, 6.07) is 0.114. The minimum absolute atomic E-state index is 0.0329. The highest BCUT2D eigenvalue weighted by Crippen LogP contribution is 2.13. The second-order valence-corrected chi connectivity index (χ2v) is 5.12. The van der Waals surface area contributed by atoms with E-state index in [1.807, 2.05) is 20.8 Å². The van der Waals surface area contributed by atoms with Gasteiger partial charge in [0.1, 0.15) is 0 Å². The third-order valence-corrected chi connectivity index (χ3v) is 3.12. The lowest BCUT2D eigenvalue weighted by Gasteiger charge is -2.28. The molecule has 1 atom stereocenters. The quantitative estimate of drug-likeness (QED) is 0.745. The second-order valence-electron chi connectivity index (χ2n) is 5.12. The highest BCUT2D eigenvalue weighted by molar-refractivity contribution is 5.86. The van der Waals surface area contributed by atoms with Gasteiger partial charge >= 0.3 is 0 Å². The summed E-state index contributed by atoms with van der Waals surface area (Å²) in [6.07, 6.45) is 1.96. The number of carbonyl (C=O) groups excluding carboxylic acids is 2. The summed E-state index contributed by atoms with van der Waals surface area (Å²) in [5.41, 5.74) is 0. The van der Waals surface area contributed by atoms with Crippen molar-refractivity contribution in [1.82, 2.24) is 15.5 Å². The van der Waals surface area contributed by atoms with Gasteiger partial charge in [-0.15, -0.1) is 0 Å². The van der Waals surface area contributed by atoms with Crippen LogP contribution in [-0.2, 0) is 9.59 Å². The number of amides is 2. The van der Waals surface area contributed by atoms with E-state index < -0.39 is 0 Å². The van der Waals surface area contributed by atoms with E-state index in [2.05, 4.69) is 10.6 Å². The molecule has 104 valence electrons. The van der Waals surface area contributed by atoms with Crippen LogP contribution in [0.4, 0.5) is 0 Å². The Morgan fingerprint density at radius 3 is 2.67 bits per heavy atom. The van der Waals surface area contributed by atoms with Gasteiger partial charge in [0.05, 0.1) is 12.5 Å². The molecule has 0 unspecified atom stereocenters. The lowest BCUT2D eigenvalue weighted by atomic mass is 9.98. The predicted molar refractivity (Wildman–Crippen MR) is 71.1 cm³/mol. The highest BCUT2D eigenvalue weighted by Gasteiger charge is 2.26. The maximum Gasteiger partial charge on any atom is 0.239 e. The van der Waals surface area contributed by atoms with Crippen molar-refractivity contribution in [1.29, 1.82) is 0 Å². The van der Waals surface area contributed by atoms with Crippen molar-refractivity contribution in [2.75, 3.05) is 26.2 Å². The van der Waals surface area contributed by atoms with Crippen LogP contribution < -0.4 is 10.6 Å². The molecule has 1 rings (SSSR count). The molecule has 1 aliphatic heterocycles. The van der Waals surface area contributed by atoms with E-state index in [9.17, 15) is 9.59 Å². The molecule has 0 aromatic rings. The van der Waals surface area contributed by atoms with Crippen LogP contribution >= 0.6 is 0 Å². The third kappa shape index (κ3) is 4.64. The molecule has 2 amide bonds. The van der Waals surface area contributed by atoms with Gasteiger partial charge in [0.2, 0.25) is 11.8 Å². The molecule has 1 saturated heterocycles. The van der Waals surface area contributed by atoms with Crippen LogP contribution in [0.3, 0.4) is 0 Å². The van der Waals surface area contributed by atoms with Crippen LogP contribution in [-0.4, -0.2) is 48.9 Å². The number of nitrogens with zero attached hydrogens (tertiary/aromatic N) is 1. The fourth-order valence-electron chi connectivity index (χ4n) is 2.21. The molecule has 0 bridgehead atoms. The first kappa shape index (κ1) is 15.0. The third-order valence-electron chi connectivity index (χ3n) is 3.12. The molecule has 0 aromatic carbocycles. The minimum Gasteiger partial charge on any atom is -0.352 e. The predicted octanol–water partition coefficient (Wildman–Crippen LogP) is 0.359. The molecule has 2 N–H and O–H groups in total. The van der Waals surface area contributed by atoms with E-state index in [4.69, 9.17) is 0 Å². The Labute approximate surface area is 109 Å². The summed E-state index contributed by atoms with van der Waals surface area (Å²) in [7, 11) is 0. The molecule has 0 aromatic heterocycles. The largest absolute Gasteiger partial charge is 0.352 e. The molecule has 5 heteroatoms. The zero-order valence-corrected chi connectivity index (χ0v) is 11.7. The van der Waals surface area contributed by atoms with E-state index in [-0.39, 0.29) is 30.3 Å². The summed E-state index contributed by atoms with van der Waals surface area (Å²) >= 11 is 0. The normalized spacial score (nSPS) is 19.7. The van der Waals surface area contributed by atoms with Gasteiger partial charge in [-0.25, -0.2) is 0 Å². The average molecular weight is 255 g/mol. The van der Waals surface area contributed by atoms with Gasteiger partial charge in [-0.2, -0.15) is 0 Å². The Morgan fingerprint density at radius 1 is 1.44 bits per heavy atom. The molecule has 0 aliphatic carbocycles. The molecule has 1 aliphatic rings. The van der Waals surface area contributed by atoms with E-state index in [1.54, 1.807) is 4.90 Å². The van der Waals surface area contributed by atoms with E-state index in [1.165, 1.54) is 0 Å². The van der Waals surface area contributed by atoms with E-state index >= 15 is 0 Å². The SMILES string of the molecule is CCN(CC(=O)NC(C)C)C(=O)[C@@H]1CCCNC1. The van der Waals surface area contributed by atoms with Crippen LogP contribution in [0.15, 0.2) is 0 Å². The van der Waals surface area contributed by atoms with Crippen molar-refractivity contribution >= 4 is 11.8 Å². The molecular weight excluding hydrogens is 230 g/mol. The number of nitrogens with one attached hydrogen (secondary N) is 2. The number of hydrogen-bond donors (Lipinski definition) is 2. The summed E-state index contributed by atoms with van der Waals surface area (Å²) in [5.74, 6) is 0.0538.